The molecule has 0 amide bonds. The summed E-state index contributed by atoms with van der Waals surface area (Å²) in [5.74, 6) is 0.470. The Morgan fingerprint density at radius 3 is 2.58 bits per heavy atom. The summed E-state index contributed by atoms with van der Waals surface area (Å²) in [6.45, 7) is 7.22. The lowest BCUT2D eigenvalue weighted by Gasteiger charge is -2.06. The molecule has 1 rings (SSSR count). The molecule has 12 heavy (non-hydrogen) atoms. The van der Waals surface area contributed by atoms with E-state index in [1.165, 1.54) is 5.69 Å². The Hall–Kier alpha value is -0.830. The van der Waals surface area contributed by atoms with Crippen LogP contribution in [0.15, 0.2) is 6.07 Å². The molecule has 0 saturated carbocycles. The summed E-state index contributed by atoms with van der Waals surface area (Å²) in [5.41, 5.74) is 1.96. The van der Waals surface area contributed by atoms with Gasteiger partial charge >= 0.3 is 0 Å². The summed E-state index contributed by atoms with van der Waals surface area (Å²) in [5, 5.41) is 13.1. The van der Waals surface area contributed by atoms with Crippen LogP contribution >= 0.6 is 0 Å². The minimum atomic E-state index is 0.0344. The Kier molecular flexibility index (Phi) is 2.87. The molecule has 3 nitrogen and oxygen atoms in total. The molecule has 3 heteroatoms. The van der Waals surface area contributed by atoms with Crippen molar-refractivity contribution < 1.29 is 5.11 Å². The largest absolute Gasteiger partial charge is 0.390 e. The van der Waals surface area contributed by atoms with Crippen molar-refractivity contribution in [1.29, 1.82) is 0 Å². The van der Waals surface area contributed by atoms with Crippen LogP contribution < -0.4 is 0 Å². The van der Waals surface area contributed by atoms with E-state index in [4.69, 9.17) is 5.11 Å². The minimum Gasteiger partial charge on any atom is -0.390 e. The lowest BCUT2D eigenvalue weighted by molar-refractivity contribution is 0.275. The maximum atomic E-state index is 8.88. The van der Waals surface area contributed by atoms with E-state index in [1.807, 2.05) is 10.7 Å². The van der Waals surface area contributed by atoms with Gasteiger partial charge in [0.25, 0.3) is 0 Å². The second-order valence-electron chi connectivity index (χ2n) is 3.19. The zero-order valence-electron chi connectivity index (χ0n) is 7.91. The van der Waals surface area contributed by atoms with Crippen molar-refractivity contribution in [3.8, 4) is 0 Å². The molecule has 1 heterocycles. The van der Waals surface area contributed by atoms with Crippen molar-refractivity contribution in [3.63, 3.8) is 0 Å². The summed E-state index contributed by atoms with van der Waals surface area (Å²) in [6.07, 6.45) is 0. The fourth-order valence-corrected chi connectivity index (χ4v) is 1.28. The van der Waals surface area contributed by atoms with Gasteiger partial charge in [0.05, 0.1) is 12.3 Å². The number of nitrogens with zero attached hydrogens (tertiary/aromatic N) is 2. The van der Waals surface area contributed by atoms with Gasteiger partial charge in [0, 0.05) is 12.2 Å². The smallest absolute Gasteiger partial charge is 0.0881 e. The minimum absolute atomic E-state index is 0.0344. The molecular formula is C9H16N2O. The fourth-order valence-electron chi connectivity index (χ4n) is 1.28. The molecule has 0 radical (unpaired) electrons. The first-order valence-electron chi connectivity index (χ1n) is 4.36. The lowest BCUT2D eigenvalue weighted by atomic mass is 10.1. The van der Waals surface area contributed by atoms with E-state index in [9.17, 15) is 0 Å². The molecule has 0 aromatic carbocycles. The SMILES string of the molecule is CCn1nc(CO)cc1C(C)C. The third-order valence-electron chi connectivity index (χ3n) is 1.91. The van der Waals surface area contributed by atoms with Gasteiger partial charge in [-0.05, 0) is 18.9 Å². The van der Waals surface area contributed by atoms with Crippen LogP contribution in [0.1, 0.15) is 38.1 Å². The van der Waals surface area contributed by atoms with E-state index in [-0.39, 0.29) is 6.61 Å². The Bertz CT molecular complexity index is 253. The normalized spacial score (nSPS) is 11.1. The van der Waals surface area contributed by atoms with Crippen LogP contribution in [-0.2, 0) is 13.2 Å². The zero-order valence-corrected chi connectivity index (χ0v) is 7.91. The Balaban J connectivity index is 3.00. The van der Waals surface area contributed by atoms with Crippen molar-refractivity contribution in [1.82, 2.24) is 9.78 Å². The van der Waals surface area contributed by atoms with E-state index >= 15 is 0 Å². The molecule has 0 aliphatic carbocycles. The van der Waals surface area contributed by atoms with Crippen LogP contribution in [0, 0.1) is 0 Å². The van der Waals surface area contributed by atoms with Gasteiger partial charge in [-0.2, -0.15) is 5.10 Å². The average Bonchev–Trinajstić information content (AvgIpc) is 2.47. The van der Waals surface area contributed by atoms with Gasteiger partial charge in [0.1, 0.15) is 0 Å². The highest BCUT2D eigenvalue weighted by molar-refractivity contribution is 5.12. The van der Waals surface area contributed by atoms with Crippen molar-refractivity contribution in [2.24, 2.45) is 0 Å². The topological polar surface area (TPSA) is 38.0 Å². The number of aromatic nitrogens is 2. The molecular weight excluding hydrogens is 152 g/mol. The average molecular weight is 168 g/mol. The molecule has 0 bridgehead atoms. The van der Waals surface area contributed by atoms with Crippen molar-refractivity contribution in [2.75, 3.05) is 0 Å². The molecule has 0 atom stereocenters. The quantitative estimate of drug-likeness (QED) is 0.743. The van der Waals surface area contributed by atoms with Gasteiger partial charge in [-0.1, -0.05) is 13.8 Å². The van der Waals surface area contributed by atoms with Gasteiger partial charge in [0.2, 0.25) is 0 Å². The summed E-state index contributed by atoms with van der Waals surface area (Å²) < 4.78 is 1.94. The van der Waals surface area contributed by atoms with Gasteiger partial charge in [-0.15, -0.1) is 0 Å². The number of aryl methyl sites for hydroxylation is 1. The summed E-state index contributed by atoms with van der Waals surface area (Å²) >= 11 is 0. The summed E-state index contributed by atoms with van der Waals surface area (Å²) in [6, 6.07) is 1.97. The van der Waals surface area contributed by atoms with Crippen LogP contribution in [0.3, 0.4) is 0 Å². The molecule has 1 aromatic rings. The van der Waals surface area contributed by atoms with Crippen molar-refractivity contribution >= 4 is 0 Å². The number of hydrogen-bond acceptors (Lipinski definition) is 2. The van der Waals surface area contributed by atoms with E-state index in [0.29, 0.717) is 5.92 Å². The van der Waals surface area contributed by atoms with Gasteiger partial charge in [0.15, 0.2) is 0 Å². The van der Waals surface area contributed by atoms with E-state index in [0.717, 1.165) is 12.2 Å². The number of aliphatic hydroxyl groups excluding tert-OH is 1. The Morgan fingerprint density at radius 1 is 1.58 bits per heavy atom. The third-order valence-corrected chi connectivity index (χ3v) is 1.91. The summed E-state index contributed by atoms with van der Waals surface area (Å²) in [7, 11) is 0. The predicted molar refractivity (Wildman–Crippen MR) is 47.9 cm³/mol. The highest BCUT2D eigenvalue weighted by Crippen LogP contribution is 2.15. The van der Waals surface area contributed by atoms with E-state index in [2.05, 4.69) is 25.9 Å². The maximum absolute atomic E-state index is 8.88. The molecule has 0 fully saturated rings. The first kappa shape index (κ1) is 9.26. The number of aliphatic hydroxyl groups is 1. The van der Waals surface area contributed by atoms with Gasteiger partial charge in [-0.25, -0.2) is 0 Å². The Labute approximate surface area is 73.0 Å². The first-order chi connectivity index (χ1) is 5.69. The van der Waals surface area contributed by atoms with Crippen LogP contribution in [0.4, 0.5) is 0 Å². The van der Waals surface area contributed by atoms with Crippen molar-refractivity contribution in [2.45, 2.75) is 39.8 Å². The second kappa shape index (κ2) is 3.72. The molecule has 1 aromatic heterocycles. The predicted octanol–water partition coefficient (Wildman–Crippen LogP) is 1.52. The van der Waals surface area contributed by atoms with E-state index in [1.54, 1.807) is 0 Å². The molecule has 0 spiro atoms. The highest BCUT2D eigenvalue weighted by Gasteiger charge is 2.08. The summed E-state index contributed by atoms with van der Waals surface area (Å²) in [4.78, 5) is 0. The number of hydrogen-bond donors (Lipinski definition) is 1. The first-order valence-corrected chi connectivity index (χ1v) is 4.36. The van der Waals surface area contributed by atoms with Crippen molar-refractivity contribution in [3.05, 3.63) is 17.5 Å². The Morgan fingerprint density at radius 2 is 2.25 bits per heavy atom. The van der Waals surface area contributed by atoms with Crippen LogP contribution in [0.25, 0.3) is 0 Å². The third kappa shape index (κ3) is 1.67. The number of rotatable bonds is 3. The fraction of sp³-hybridized carbons (Fsp3) is 0.667. The van der Waals surface area contributed by atoms with Crippen LogP contribution in [-0.4, -0.2) is 14.9 Å². The molecule has 1 N–H and O–H groups in total. The molecule has 0 aliphatic heterocycles. The molecule has 0 aliphatic rings. The lowest BCUT2D eigenvalue weighted by Crippen LogP contribution is -2.03. The highest BCUT2D eigenvalue weighted by atomic mass is 16.3. The van der Waals surface area contributed by atoms with Gasteiger partial charge in [-0.3, -0.25) is 4.68 Å². The molecule has 0 saturated heterocycles. The maximum Gasteiger partial charge on any atom is 0.0881 e. The molecule has 0 unspecified atom stereocenters. The van der Waals surface area contributed by atoms with Gasteiger partial charge < -0.3 is 5.11 Å². The standard InChI is InChI=1S/C9H16N2O/c1-4-11-9(7(2)3)5-8(6-12)10-11/h5,7,12H,4,6H2,1-3H3. The van der Waals surface area contributed by atoms with Crippen LogP contribution in [0.5, 0.6) is 0 Å². The monoisotopic (exact) mass is 168 g/mol. The van der Waals surface area contributed by atoms with Crippen LogP contribution in [0.2, 0.25) is 0 Å². The second-order valence-corrected chi connectivity index (χ2v) is 3.19. The zero-order chi connectivity index (χ0) is 9.14. The molecule has 68 valence electrons. The van der Waals surface area contributed by atoms with E-state index < -0.39 is 0 Å².